The molecular weight excluding hydrogens is 379 g/mol. The second-order valence-electron chi connectivity index (χ2n) is 5.49. The molecule has 0 aromatic heterocycles. The normalized spacial score (nSPS) is 25.3. The monoisotopic (exact) mass is 400 g/mol. The van der Waals surface area contributed by atoms with Gasteiger partial charge in [0.1, 0.15) is 11.4 Å². The molecular formula is C17H21IO3. The number of halogens is 1. The van der Waals surface area contributed by atoms with Gasteiger partial charge >= 0.3 is 0 Å². The fourth-order valence-electron chi connectivity index (χ4n) is 2.44. The van der Waals surface area contributed by atoms with Crippen molar-refractivity contribution in [2.75, 3.05) is 7.11 Å². The number of hydrogen-bond acceptors (Lipinski definition) is 3. The molecule has 2 rings (SSSR count). The standard InChI is InChI=1S/C17H21IO3/c1-11(2)17(19)9-15(12(3)16(17)18)21-10-13-5-7-14(20-4)8-6-13/h5-8,15,19H,1,9-10H2,2-4H3/t15-,17-/m0/s1. The Kier molecular flexibility index (Phi) is 5.11. The molecule has 3 nitrogen and oxygen atoms in total. The molecule has 21 heavy (non-hydrogen) atoms. The van der Waals surface area contributed by atoms with Crippen molar-refractivity contribution in [2.45, 2.75) is 38.6 Å². The van der Waals surface area contributed by atoms with Gasteiger partial charge in [0, 0.05) is 10.0 Å². The topological polar surface area (TPSA) is 38.7 Å². The Balaban J connectivity index is 2.03. The largest absolute Gasteiger partial charge is 0.497 e. The highest BCUT2D eigenvalue weighted by Gasteiger charge is 2.43. The van der Waals surface area contributed by atoms with E-state index >= 15 is 0 Å². The van der Waals surface area contributed by atoms with Gasteiger partial charge in [0.25, 0.3) is 0 Å². The van der Waals surface area contributed by atoms with E-state index < -0.39 is 5.60 Å². The van der Waals surface area contributed by atoms with Crippen LogP contribution >= 0.6 is 22.6 Å². The lowest BCUT2D eigenvalue weighted by molar-refractivity contribution is 0.0256. The average Bonchev–Trinajstić information content (AvgIpc) is 2.71. The van der Waals surface area contributed by atoms with Crippen molar-refractivity contribution in [2.24, 2.45) is 0 Å². The van der Waals surface area contributed by atoms with Crippen LogP contribution in [0.4, 0.5) is 0 Å². The Labute approximate surface area is 139 Å². The van der Waals surface area contributed by atoms with Crippen LogP contribution in [0.1, 0.15) is 25.8 Å². The van der Waals surface area contributed by atoms with Gasteiger partial charge in [0.2, 0.25) is 0 Å². The van der Waals surface area contributed by atoms with Crippen LogP contribution in [0.2, 0.25) is 0 Å². The van der Waals surface area contributed by atoms with Crippen molar-refractivity contribution < 1.29 is 14.6 Å². The molecule has 0 fully saturated rings. The minimum Gasteiger partial charge on any atom is -0.497 e. The van der Waals surface area contributed by atoms with Gasteiger partial charge in [-0.05, 0) is 65.3 Å². The Morgan fingerprint density at radius 3 is 2.52 bits per heavy atom. The number of hydrogen-bond donors (Lipinski definition) is 1. The summed E-state index contributed by atoms with van der Waals surface area (Å²) in [5, 5.41) is 10.7. The molecule has 0 saturated heterocycles. The van der Waals surface area contributed by atoms with Gasteiger partial charge in [0.05, 0.1) is 19.8 Å². The smallest absolute Gasteiger partial charge is 0.119 e. The van der Waals surface area contributed by atoms with Crippen LogP contribution in [0.15, 0.2) is 45.6 Å². The molecule has 0 heterocycles. The zero-order chi connectivity index (χ0) is 15.6. The molecule has 0 saturated carbocycles. The first-order chi connectivity index (χ1) is 9.88. The summed E-state index contributed by atoms with van der Waals surface area (Å²) in [5.41, 5.74) is 2.01. The van der Waals surface area contributed by atoms with Crippen molar-refractivity contribution in [3.8, 4) is 5.75 Å². The summed E-state index contributed by atoms with van der Waals surface area (Å²) in [6.07, 6.45) is 0.475. The van der Waals surface area contributed by atoms with E-state index in [-0.39, 0.29) is 6.10 Å². The average molecular weight is 400 g/mol. The first-order valence-corrected chi connectivity index (χ1v) is 7.96. The van der Waals surface area contributed by atoms with Gasteiger partial charge in [-0.1, -0.05) is 18.7 Å². The Bertz CT molecular complexity index is 562. The molecule has 4 heteroatoms. The minimum atomic E-state index is -0.935. The second-order valence-corrected chi connectivity index (χ2v) is 6.57. The molecule has 1 aromatic carbocycles. The van der Waals surface area contributed by atoms with Crippen LogP contribution in [0.3, 0.4) is 0 Å². The molecule has 0 unspecified atom stereocenters. The lowest BCUT2D eigenvalue weighted by Crippen LogP contribution is -2.29. The fourth-order valence-corrected chi connectivity index (χ4v) is 3.47. The molecule has 0 bridgehead atoms. The van der Waals surface area contributed by atoms with Crippen molar-refractivity contribution in [1.29, 1.82) is 0 Å². The number of methoxy groups -OCH3 is 1. The summed E-state index contributed by atoms with van der Waals surface area (Å²) in [6, 6.07) is 7.82. The van der Waals surface area contributed by atoms with Crippen molar-refractivity contribution in [3.05, 3.63) is 51.1 Å². The van der Waals surface area contributed by atoms with Gasteiger partial charge in [-0.3, -0.25) is 0 Å². The van der Waals surface area contributed by atoms with E-state index in [1.54, 1.807) is 7.11 Å². The van der Waals surface area contributed by atoms with Gasteiger partial charge < -0.3 is 14.6 Å². The summed E-state index contributed by atoms with van der Waals surface area (Å²) < 4.78 is 12.1. The van der Waals surface area contributed by atoms with Crippen molar-refractivity contribution in [1.82, 2.24) is 0 Å². The van der Waals surface area contributed by atoms with Crippen LogP contribution in [-0.2, 0) is 11.3 Å². The van der Waals surface area contributed by atoms with Crippen molar-refractivity contribution in [3.63, 3.8) is 0 Å². The van der Waals surface area contributed by atoms with Crippen LogP contribution < -0.4 is 4.74 Å². The molecule has 2 atom stereocenters. The molecule has 114 valence electrons. The van der Waals surface area contributed by atoms with E-state index in [2.05, 4.69) is 29.2 Å². The zero-order valence-electron chi connectivity index (χ0n) is 12.6. The lowest BCUT2D eigenvalue weighted by Gasteiger charge is -2.25. The molecule has 0 aliphatic heterocycles. The fraction of sp³-hybridized carbons (Fsp3) is 0.412. The summed E-state index contributed by atoms with van der Waals surface area (Å²) in [6.45, 7) is 8.30. The lowest BCUT2D eigenvalue weighted by atomic mass is 9.95. The van der Waals surface area contributed by atoms with Crippen LogP contribution in [0, 0.1) is 0 Å². The molecule has 0 spiro atoms. The molecule has 0 radical (unpaired) electrons. The molecule has 0 amide bonds. The first kappa shape index (κ1) is 16.5. The second kappa shape index (κ2) is 6.50. The SMILES string of the molecule is C=C(C)[C@@]1(O)C[C@H](OCc2ccc(OC)cc2)C(C)=C1I. The predicted octanol–water partition coefficient (Wildman–Crippen LogP) is 4.00. The molecule has 1 aromatic rings. The highest BCUT2D eigenvalue weighted by Crippen LogP contribution is 2.44. The van der Waals surface area contributed by atoms with Crippen LogP contribution in [-0.4, -0.2) is 23.9 Å². The number of aliphatic hydroxyl groups is 1. The predicted molar refractivity (Wildman–Crippen MR) is 92.7 cm³/mol. The van der Waals surface area contributed by atoms with E-state index in [1.807, 2.05) is 38.1 Å². The third kappa shape index (κ3) is 3.33. The van der Waals surface area contributed by atoms with Crippen molar-refractivity contribution >= 4 is 22.6 Å². The quantitative estimate of drug-likeness (QED) is 0.600. The van der Waals surface area contributed by atoms with E-state index in [4.69, 9.17) is 9.47 Å². The number of rotatable bonds is 5. The number of ether oxygens (including phenoxy) is 2. The Morgan fingerprint density at radius 2 is 2.05 bits per heavy atom. The third-order valence-corrected chi connectivity index (χ3v) is 5.73. The first-order valence-electron chi connectivity index (χ1n) is 6.88. The maximum absolute atomic E-state index is 10.7. The molecule has 1 aliphatic rings. The third-order valence-electron chi connectivity index (χ3n) is 3.99. The minimum absolute atomic E-state index is 0.0688. The van der Waals surface area contributed by atoms with E-state index in [9.17, 15) is 5.11 Å². The maximum Gasteiger partial charge on any atom is 0.119 e. The van der Waals surface area contributed by atoms with Gasteiger partial charge in [-0.2, -0.15) is 0 Å². The van der Waals surface area contributed by atoms with Gasteiger partial charge in [-0.25, -0.2) is 0 Å². The Hall–Kier alpha value is -0.850. The summed E-state index contributed by atoms with van der Waals surface area (Å²) in [5.74, 6) is 0.835. The summed E-state index contributed by atoms with van der Waals surface area (Å²) in [7, 11) is 1.65. The van der Waals surface area contributed by atoms with Crippen LogP contribution in [0.25, 0.3) is 0 Å². The Morgan fingerprint density at radius 1 is 1.43 bits per heavy atom. The summed E-state index contributed by atoms with van der Waals surface area (Å²) in [4.78, 5) is 0. The zero-order valence-corrected chi connectivity index (χ0v) is 14.8. The molecule has 1 aliphatic carbocycles. The molecule has 1 N–H and O–H groups in total. The summed E-state index contributed by atoms with van der Waals surface area (Å²) >= 11 is 2.20. The van der Waals surface area contributed by atoms with Crippen LogP contribution in [0.5, 0.6) is 5.75 Å². The van der Waals surface area contributed by atoms with E-state index in [1.165, 1.54) is 0 Å². The van der Waals surface area contributed by atoms with Gasteiger partial charge in [-0.15, -0.1) is 0 Å². The van der Waals surface area contributed by atoms with E-state index in [0.29, 0.717) is 13.0 Å². The number of benzene rings is 1. The van der Waals surface area contributed by atoms with Gasteiger partial charge in [0.15, 0.2) is 0 Å². The highest BCUT2D eigenvalue weighted by molar-refractivity contribution is 14.1. The highest BCUT2D eigenvalue weighted by atomic mass is 127. The van der Waals surface area contributed by atoms with E-state index in [0.717, 1.165) is 26.0 Å². The maximum atomic E-state index is 10.7.